The van der Waals surface area contributed by atoms with Crippen LogP contribution < -0.4 is 20.3 Å². The quantitative estimate of drug-likeness (QED) is 0.393. The molecule has 0 spiro atoms. The molecule has 0 aliphatic heterocycles. The number of hydrogen-bond donors (Lipinski definition) is 2. The van der Waals surface area contributed by atoms with Crippen molar-refractivity contribution in [1.29, 1.82) is 0 Å². The van der Waals surface area contributed by atoms with Crippen molar-refractivity contribution >= 4 is 23.2 Å². The van der Waals surface area contributed by atoms with Gasteiger partial charge in [-0.1, -0.05) is 0 Å². The third kappa shape index (κ3) is 6.29. The van der Waals surface area contributed by atoms with E-state index >= 15 is 0 Å². The van der Waals surface area contributed by atoms with Crippen LogP contribution in [0.15, 0.2) is 83.0 Å². The van der Waals surface area contributed by atoms with Crippen molar-refractivity contribution in [2.24, 2.45) is 10.2 Å². The van der Waals surface area contributed by atoms with Gasteiger partial charge in [0, 0.05) is 11.1 Å². The van der Waals surface area contributed by atoms with E-state index in [9.17, 15) is 9.59 Å². The van der Waals surface area contributed by atoms with Crippen LogP contribution in [0.1, 0.15) is 45.7 Å². The Hall–Kier alpha value is -4.46. The molecule has 0 aliphatic rings. The molecule has 8 heteroatoms. The van der Waals surface area contributed by atoms with Crippen molar-refractivity contribution in [2.75, 3.05) is 14.2 Å². The van der Waals surface area contributed by atoms with Gasteiger partial charge in [0.05, 0.1) is 25.6 Å². The predicted octanol–water partition coefficient (Wildman–Crippen LogP) is 4.01. The van der Waals surface area contributed by atoms with E-state index in [-0.39, 0.29) is 11.8 Å². The molecule has 0 saturated carbocycles. The van der Waals surface area contributed by atoms with Crippen LogP contribution >= 0.6 is 0 Å². The van der Waals surface area contributed by atoms with Crippen molar-refractivity contribution in [3.8, 4) is 11.5 Å². The smallest absolute Gasteiger partial charge is 0.271 e. The van der Waals surface area contributed by atoms with Gasteiger partial charge in [-0.05, 0) is 97.8 Å². The minimum atomic E-state index is -0.381. The van der Waals surface area contributed by atoms with Gasteiger partial charge in [0.25, 0.3) is 11.8 Å². The lowest BCUT2D eigenvalue weighted by Crippen LogP contribution is -2.21. The minimum absolute atomic E-state index is 0.376. The lowest BCUT2D eigenvalue weighted by molar-refractivity contribution is 0.0943. The van der Waals surface area contributed by atoms with E-state index in [2.05, 4.69) is 21.1 Å². The van der Waals surface area contributed by atoms with Gasteiger partial charge in [0.2, 0.25) is 0 Å². The molecule has 2 amide bonds. The number of hydrazone groups is 2. The molecule has 0 atom stereocenters. The van der Waals surface area contributed by atoms with E-state index in [0.29, 0.717) is 22.6 Å². The first kappa shape index (κ1) is 24.2. The molecule has 2 N–H and O–H groups in total. The van der Waals surface area contributed by atoms with Crippen LogP contribution in [-0.4, -0.2) is 37.5 Å². The van der Waals surface area contributed by atoms with Crippen LogP contribution in [0.4, 0.5) is 0 Å². The summed E-state index contributed by atoms with van der Waals surface area (Å²) in [6, 6.07) is 20.9. The van der Waals surface area contributed by atoms with E-state index in [1.54, 1.807) is 52.3 Å². The molecule has 3 aromatic rings. The SMILES string of the molecule is COc1ccc(/C(C)=N/NC(=O)c2ccc(C(=O)N/N=C(\C)c3ccc(OC)cc3)cc2)cc1. The van der Waals surface area contributed by atoms with Gasteiger partial charge in [-0.25, -0.2) is 10.9 Å². The largest absolute Gasteiger partial charge is 0.497 e. The molecular formula is C26H26N4O4. The Morgan fingerprint density at radius 2 is 0.853 bits per heavy atom. The second-order valence-electron chi connectivity index (χ2n) is 7.31. The number of hydrogen-bond acceptors (Lipinski definition) is 6. The van der Waals surface area contributed by atoms with E-state index in [0.717, 1.165) is 22.6 Å². The maximum Gasteiger partial charge on any atom is 0.271 e. The highest BCUT2D eigenvalue weighted by Gasteiger charge is 2.09. The fourth-order valence-corrected chi connectivity index (χ4v) is 2.96. The topological polar surface area (TPSA) is 101 Å². The van der Waals surface area contributed by atoms with Crippen LogP contribution in [0, 0.1) is 0 Å². The molecule has 0 radical (unpaired) electrons. The molecule has 0 aliphatic carbocycles. The van der Waals surface area contributed by atoms with E-state index in [1.165, 1.54) is 0 Å². The zero-order valence-corrected chi connectivity index (χ0v) is 19.5. The van der Waals surface area contributed by atoms with E-state index in [4.69, 9.17) is 9.47 Å². The first-order valence-corrected chi connectivity index (χ1v) is 10.5. The summed E-state index contributed by atoms with van der Waals surface area (Å²) < 4.78 is 10.3. The fraction of sp³-hybridized carbons (Fsp3) is 0.154. The maximum absolute atomic E-state index is 12.4. The first-order chi connectivity index (χ1) is 16.4. The molecular weight excluding hydrogens is 432 g/mol. The average Bonchev–Trinajstić information content (AvgIpc) is 2.90. The molecule has 0 heterocycles. The minimum Gasteiger partial charge on any atom is -0.497 e. The summed E-state index contributed by atoms with van der Waals surface area (Å²) >= 11 is 0. The lowest BCUT2D eigenvalue weighted by Gasteiger charge is -2.06. The number of nitrogens with zero attached hydrogens (tertiary/aromatic N) is 2. The molecule has 0 aromatic heterocycles. The molecule has 0 bridgehead atoms. The highest BCUT2D eigenvalue weighted by molar-refractivity contribution is 6.02. The Bertz CT molecular complexity index is 1100. The fourth-order valence-electron chi connectivity index (χ4n) is 2.96. The Balaban J connectivity index is 1.58. The first-order valence-electron chi connectivity index (χ1n) is 10.5. The van der Waals surface area contributed by atoms with Crippen molar-refractivity contribution < 1.29 is 19.1 Å². The zero-order chi connectivity index (χ0) is 24.5. The van der Waals surface area contributed by atoms with Crippen LogP contribution in [-0.2, 0) is 0 Å². The summed E-state index contributed by atoms with van der Waals surface area (Å²) in [6.07, 6.45) is 0. The van der Waals surface area contributed by atoms with Crippen LogP contribution in [0.2, 0.25) is 0 Å². The normalized spacial score (nSPS) is 11.5. The summed E-state index contributed by atoms with van der Waals surface area (Å²) in [4.78, 5) is 24.8. The maximum atomic E-state index is 12.4. The summed E-state index contributed by atoms with van der Waals surface area (Å²) in [5, 5.41) is 8.29. The van der Waals surface area contributed by atoms with Gasteiger partial charge in [0.15, 0.2) is 0 Å². The lowest BCUT2D eigenvalue weighted by atomic mass is 10.1. The molecule has 174 valence electrons. The monoisotopic (exact) mass is 458 g/mol. The average molecular weight is 459 g/mol. The van der Waals surface area contributed by atoms with Crippen molar-refractivity contribution in [3.05, 3.63) is 95.1 Å². The number of rotatable bonds is 8. The number of carbonyl (C=O) groups excluding carboxylic acids is 2. The van der Waals surface area contributed by atoms with Crippen LogP contribution in [0.5, 0.6) is 11.5 Å². The summed E-state index contributed by atoms with van der Waals surface area (Å²) in [7, 11) is 3.20. The number of carbonyl (C=O) groups is 2. The van der Waals surface area contributed by atoms with Gasteiger partial charge in [0.1, 0.15) is 11.5 Å². The number of ether oxygens (including phenoxy) is 2. The summed E-state index contributed by atoms with van der Waals surface area (Å²) in [5.41, 5.74) is 8.83. The predicted molar refractivity (Wildman–Crippen MR) is 132 cm³/mol. The summed E-state index contributed by atoms with van der Waals surface area (Å²) in [6.45, 7) is 3.59. The van der Waals surface area contributed by atoms with E-state index < -0.39 is 0 Å². The summed E-state index contributed by atoms with van der Waals surface area (Å²) in [5.74, 6) is 0.721. The van der Waals surface area contributed by atoms with Crippen LogP contribution in [0.25, 0.3) is 0 Å². The molecule has 0 unspecified atom stereocenters. The highest BCUT2D eigenvalue weighted by atomic mass is 16.5. The Morgan fingerprint density at radius 3 is 1.15 bits per heavy atom. The molecule has 8 nitrogen and oxygen atoms in total. The Labute approximate surface area is 198 Å². The van der Waals surface area contributed by atoms with Crippen LogP contribution in [0.3, 0.4) is 0 Å². The van der Waals surface area contributed by atoms with Crippen molar-refractivity contribution in [2.45, 2.75) is 13.8 Å². The number of methoxy groups -OCH3 is 2. The van der Waals surface area contributed by atoms with Gasteiger partial charge in [-0.3, -0.25) is 9.59 Å². The Kier molecular flexibility index (Phi) is 8.12. The molecule has 0 saturated heterocycles. The molecule has 34 heavy (non-hydrogen) atoms. The highest BCUT2D eigenvalue weighted by Crippen LogP contribution is 2.13. The van der Waals surface area contributed by atoms with Crippen molar-refractivity contribution in [3.63, 3.8) is 0 Å². The number of benzene rings is 3. The van der Waals surface area contributed by atoms with Gasteiger partial charge in [-0.2, -0.15) is 10.2 Å². The number of amides is 2. The van der Waals surface area contributed by atoms with E-state index in [1.807, 2.05) is 48.5 Å². The van der Waals surface area contributed by atoms with Gasteiger partial charge in [-0.15, -0.1) is 0 Å². The number of nitrogens with one attached hydrogen (secondary N) is 2. The van der Waals surface area contributed by atoms with Gasteiger partial charge >= 0.3 is 0 Å². The molecule has 3 rings (SSSR count). The molecule has 0 fully saturated rings. The third-order valence-electron chi connectivity index (χ3n) is 5.08. The second kappa shape index (κ2) is 11.4. The molecule has 3 aromatic carbocycles. The standard InChI is InChI=1S/C26H26N4O4/c1-17(19-9-13-23(33-3)14-10-19)27-29-25(31)21-5-7-22(8-6-21)26(32)30-28-18(2)20-11-15-24(34-4)16-12-20/h5-16H,1-4H3,(H,29,31)(H,30,32)/b27-17+,28-18+. The van der Waals surface area contributed by atoms with Gasteiger partial charge < -0.3 is 9.47 Å². The van der Waals surface area contributed by atoms with Crippen molar-refractivity contribution in [1.82, 2.24) is 10.9 Å². The zero-order valence-electron chi connectivity index (χ0n) is 19.5. The third-order valence-corrected chi connectivity index (χ3v) is 5.08. The Morgan fingerprint density at radius 1 is 0.559 bits per heavy atom. The second-order valence-corrected chi connectivity index (χ2v) is 7.31.